The third-order valence-corrected chi connectivity index (χ3v) is 3.52. The molecule has 106 valence electrons. The van der Waals surface area contributed by atoms with Crippen LogP contribution in [0.15, 0.2) is 24.3 Å². The zero-order valence-electron chi connectivity index (χ0n) is 11.5. The zero-order valence-corrected chi connectivity index (χ0v) is 11.5. The van der Waals surface area contributed by atoms with Crippen LogP contribution < -0.4 is 15.2 Å². The lowest BCUT2D eigenvalue weighted by Crippen LogP contribution is -2.41. The quantitative estimate of drug-likeness (QED) is 0.826. The van der Waals surface area contributed by atoms with Gasteiger partial charge in [-0.2, -0.15) is 0 Å². The van der Waals surface area contributed by atoms with E-state index in [4.69, 9.17) is 15.2 Å². The highest BCUT2D eigenvalue weighted by molar-refractivity contribution is 5.39. The fourth-order valence-corrected chi connectivity index (χ4v) is 2.41. The standard InChI is InChI=1S/C15H23NO3/c1-2-9-18-13-5-3-4-6-14(13)19-12-7-8-15(16,10-12)11-17/h3-6,12,17H,2,7-11,16H2,1H3. The molecule has 2 rings (SSSR count). The zero-order chi connectivity index (χ0) is 13.7. The van der Waals surface area contributed by atoms with E-state index in [0.717, 1.165) is 30.8 Å². The number of rotatable bonds is 6. The van der Waals surface area contributed by atoms with Crippen molar-refractivity contribution < 1.29 is 14.6 Å². The Bertz CT molecular complexity index is 410. The molecule has 0 spiro atoms. The molecule has 2 atom stereocenters. The van der Waals surface area contributed by atoms with Crippen molar-refractivity contribution in [3.63, 3.8) is 0 Å². The van der Waals surface area contributed by atoms with Gasteiger partial charge in [-0.1, -0.05) is 19.1 Å². The van der Waals surface area contributed by atoms with Crippen LogP contribution >= 0.6 is 0 Å². The normalized spacial score (nSPS) is 26.4. The fraction of sp³-hybridized carbons (Fsp3) is 0.600. The van der Waals surface area contributed by atoms with E-state index in [1.165, 1.54) is 0 Å². The van der Waals surface area contributed by atoms with Crippen LogP contribution in [0.1, 0.15) is 32.6 Å². The van der Waals surface area contributed by atoms with E-state index in [2.05, 4.69) is 6.92 Å². The minimum Gasteiger partial charge on any atom is -0.490 e. The number of ether oxygens (including phenoxy) is 2. The van der Waals surface area contributed by atoms with Gasteiger partial charge in [-0.3, -0.25) is 0 Å². The topological polar surface area (TPSA) is 64.7 Å². The number of nitrogens with two attached hydrogens (primary N) is 1. The second kappa shape index (κ2) is 6.26. The fourth-order valence-electron chi connectivity index (χ4n) is 2.41. The SMILES string of the molecule is CCCOc1ccccc1OC1CCC(N)(CO)C1. The van der Waals surface area contributed by atoms with Crippen molar-refractivity contribution in [1.82, 2.24) is 0 Å². The third-order valence-electron chi connectivity index (χ3n) is 3.52. The Labute approximate surface area is 114 Å². The summed E-state index contributed by atoms with van der Waals surface area (Å²) in [6.07, 6.45) is 3.38. The Balaban J connectivity index is 1.99. The van der Waals surface area contributed by atoms with Gasteiger partial charge in [-0.15, -0.1) is 0 Å². The van der Waals surface area contributed by atoms with Gasteiger partial charge in [0, 0.05) is 12.0 Å². The number of hydrogen-bond acceptors (Lipinski definition) is 4. The molecule has 0 saturated heterocycles. The molecule has 2 unspecified atom stereocenters. The Morgan fingerprint density at radius 2 is 2.11 bits per heavy atom. The van der Waals surface area contributed by atoms with E-state index >= 15 is 0 Å². The van der Waals surface area contributed by atoms with E-state index in [1.807, 2.05) is 24.3 Å². The Morgan fingerprint density at radius 1 is 1.37 bits per heavy atom. The molecule has 1 fully saturated rings. The summed E-state index contributed by atoms with van der Waals surface area (Å²) < 4.78 is 11.7. The predicted octanol–water partition coefficient (Wildman–Crippen LogP) is 2.10. The van der Waals surface area contributed by atoms with Gasteiger partial charge in [0.2, 0.25) is 0 Å². The molecule has 3 N–H and O–H groups in total. The van der Waals surface area contributed by atoms with Gasteiger partial charge in [0.25, 0.3) is 0 Å². The molecule has 1 aromatic rings. The second-order valence-corrected chi connectivity index (χ2v) is 5.30. The molecule has 0 aliphatic heterocycles. The third kappa shape index (κ3) is 3.61. The van der Waals surface area contributed by atoms with Crippen LogP contribution in [0.3, 0.4) is 0 Å². The van der Waals surface area contributed by atoms with Crippen LogP contribution in [0.4, 0.5) is 0 Å². The van der Waals surface area contributed by atoms with Crippen molar-refractivity contribution in [2.75, 3.05) is 13.2 Å². The molecule has 0 bridgehead atoms. The van der Waals surface area contributed by atoms with E-state index in [9.17, 15) is 5.11 Å². The lowest BCUT2D eigenvalue weighted by molar-refractivity contribution is 0.160. The van der Waals surface area contributed by atoms with Gasteiger partial charge in [-0.05, 0) is 31.4 Å². The van der Waals surface area contributed by atoms with Crippen molar-refractivity contribution in [3.05, 3.63) is 24.3 Å². The summed E-state index contributed by atoms with van der Waals surface area (Å²) in [5.41, 5.74) is 5.58. The smallest absolute Gasteiger partial charge is 0.161 e. The van der Waals surface area contributed by atoms with Crippen LogP contribution in [0.5, 0.6) is 11.5 Å². The molecule has 0 aromatic heterocycles. The highest BCUT2D eigenvalue weighted by atomic mass is 16.5. The number of hydrogen-bond donors (Lipinski definition) is 2. The van der Waals surface area contributed by atoms with Gasteiger partial charge < -0.3 is 20.3 Å². The molecule has 4 heteroatoms. The molecule has 1 aliphatic carbocycles. The summed E-state index contributed by atoms with van der Waals surface area (Å²) in [5, 5.41) is 9.27. The number of benzene rings is 1. The first kappa shape index (κ1) is 14.2. The largest absolute Gasteiger partial charge is 0.490 e. The molecule has 1 aromatic carbocycles. The molecule has 0 amide bonds. The number of aliphatic hydroxyl groups excluding tert-OH is 1. The van der Waals surface area contributed by atoms with Gasteiger partial charge in [0.05, 0.1) is 13.2 Å². The van der Waals surface area contributed by atoms with Crippen molar-refractivity contribution in [2.24, 2.45) is 5.73 Å². The molecule has 19 heavy (non-hydrogen) atoms. The van der Waals surface area contributed by atoms with E-state index in [1.54, 1.807) is 0 Å². The molecular formula is C15H23NO3. The van der Waals surface area contributed by atoms with Crippen molar-refractivity contribution >= 4 is 0 Å². The minimum atomic E-state index is -0.482. The van der Waals surface area contributed by atoms with Gasteiger partial charge >= 0.3 is 0 Å². The van der Waals surface area contributed by atoms with E-state index < -0.39 is 5.54 Å². The maximum atomic E-state index is 9.27. The van der Waals surface area contributed by atoms with Crippen molar-refractivity contribution in [1.29, 1.82) is 0 Å². The van der Waals surface area contributed by atoms with Gasteiger partial charge in [0.15, 0.2) is 11.5 Å². The highest BCUT2D eigenvalue weighted by Crippen LogP contribution is 2.34. The molecule has 4 nitrogen and oxygen atoms in total. The lowest BCUT2D eigenvalue weighted by Gasteiger charge is -2.21. The summed E-state index contributed by atoms with van der Waals surface area (Å²) in [6, 6.07) is 7.71. The number of para-hydroxylation sites is 2. The second-order valence-electron chi connectivity index (χ2n) is 5.30. The molecular weight excluding hydrogens is 242 g/mol. The van der Waals surface area contributed by atoms with Gasteiger partial charge in [-0.25, -0.2) is 0 Å². The first-order chi connectivity index (χ1) is 9.17. The predicted molar refractivity (Wildman–Crippen MR) is 74.5 cm³/mol. The van der Waals surface area contributed by atoms with Crippen LogP contribution in [0.25, 0.3) is 0 Å². The Hall–Kier alpha value is -1.26. The summed E-state index contributed by atoms with van der Waals surface area (Å²) >= 11 is 0. The van der Waals surface area contributed by atoms with Crippen LogP contribution in [-0.4, -0.2) is 30.0 Å². The van der Waals surface area contributed by atoms with E-state index in [-0.39, 0.29) is 12.7 Å². The maximum Gasteiger partial charge on any atom is 0.161 e. The summed E-state index contributed by atoms with van der Waals surface area (Å²) in [5.74, 6) is 1.55. The van der Waals surface area contributed by atoms with E-state index in [0.29, 0.717) is 13.0 Å². The molecule has 1 aliphatic rings. The van der Waals surface area contributed by atoms with Gasteiger partial charge in [0.1, 0.15) is 6.10 Å². The Morgan fingerprint density at radius 3 is 2.74 bits per heavy atom. The monoisotopic (exact) mass is 265 g/mol. The summed E-state index contributed by atoms with van der Waals surface area (Å²) in [7, 11) is 0. The summed E-state index contributed by atoms with van der Waals surface area (Å²) in [6.45, 7) is 2.77. The lowest BCUT2D eigenvalue weighted by atomic mass is 10.0. The molecule has 1 saturated carbocycles. The Kier molecular flexibility index (Phi) is 4.66. The van der Waals surface area contributed by atoms with Crippen LogP contribution in [0.2, 0.25) is 0 Å². The number of aliphatic hydroxyl groups is 1. The van der Waals surface area contributed by atoms with Crippen LogP contribution in [-0.2, 0) is 0 Å². The average Bonchev–Trinajstić information content (AvgIpc) is 2.80. The maximum absolute atomic E-state index is 9.27. The minimum absolute atomic E-state index is 0.0147. The summed E-state index contributed by atoms with van der Waals surface area (Å²) in [4.78, 5) is 0. The molecule has 0 radical (unpaired) electrons. The average molecular weight is 265 g/mol. The highest BCUT2D eigenvalue weighted by Gasteiger charge is 2.36. The molecule has 0 heterocycles. The van der Waals surface area contributed by atoms with Crippen LogP contribution in [0, 0.1) is 0 Å². The first-order valence-corrected chi connectivity index (χ1v) is 6.95. The first-order valence-electron chi connectivity index (χ1n) is 6.95. The van der Waals surface area contributed by atoms with Crippen molar-refractivity contribution in [3.8, 4) is 11.5 Å². The van der Waals surface area contributed by atoms with Crippen molar-refractivity contribution in [2.45, 2.75) is 44.2 Å².